The van der Waals surface area contributed by atoms with Gasteiger partial charge >= 0.3 is 0 Å². The predicted molar refractivity (Wildman–Crippen MR) is 88.4 cm³/mol. The zero-order valence-corrected chi connectivity index (χ0v) is 13.4. The van der Waals surface area contributed by atoms with Crippen LogP contribution in [0, 0.1) is 5.92 Å². The van der Waals surface area contributed by atoms with E-state index in [0.717, 1.165) is 37.3 Å². The molecule has 2 aliphatic rings. The molecular weight excluding hydrogens is 258 g/mol. The molecule has 3 nitrogen and oxygen atoms in total. The van der Waals surface area contributed by atoms with E-state index in [4.69, 9.17) is 0 Å². The number of anilines is 1. The minimum atomic E-state index is 0.826. The van der Waals surface area contributed by atoms with Crippen molar-refractivity contribution in [3.63, 3.8) is 0 Å². The minimum Gasteiger partial charge on any atom is -0.370 e. The molecule has 3 heteroatoms. The number of rotatable bonds is 6. The van der Waals surface area contributed by atoms with Gasteiger partial charge in [-0.05, 0) is 50.6 Å². The summed E-state index contributed by atoms with van der Waals surface area (Å²) in [4.78, 5) is 7.27. The summed E-state index contributed by atoms with van der Waals surface area (Å²) in [5.41, 5.74) is 1.37. The minimum absolute atomic E-state index is 0.826. The third kappa shape index (κ3) is 3.57. The molecule has 1 aliphatic carbocycles. The van der Waals surface area contributed by atoms with Gasteiger partial charge in [0.05, 0.1) is 0 Å². The Hall–Kier alpha value is -1.09. The van der Waals surface area contributed by atoms with Crippen molar-refractivity contribution >= 4 is 5.82 Å². The quantitative estimate of drug-likeness (QED) is 0.855. The highest BCUT2D eigenvalue weighted by atomic mass is 15.2. The van der Waals surface area contributed by atoms with Gasteiger partial charge in [-0.25, -0.2) is 4.98 Å². The fourth-order valence-electron chi connectivity index (χ4n) is 4.11. The highest BCUT2D eigenvalue weighted by Crippen LogP contribution is 2.36. The molecule has 2 heterocycles. The lowest BCUT2D eigenvalue weighted by Crippen LogP contribution is -2.34. The van der Waals surface area contributed by atoms with E-state index in [1.54, 1.807) is 0 Å². The van der Waals surface area contributed by atoms with Crippen molar-refractivity contribution in [2.75, 3.05) is 18.4 Å². The van der Waals surface area contributed by atoms with Crippen molar-refractivity contribution in [3.05, 3.63) is 23.9 Å². The fourth-order valence-corrected chi connectivity index (χ4v) is 4.11. The van der Waals surface area contributed by atoms with E-state index in [1.165, 1.54) is 50.6 Å². The average molecular weight is 287 g/mol. The van der Waals surface area contributed by atoms with Gasteiger partial charge in [0.15, 0.2) is 0 Å². The van der Waals surface area contributed by atoms with Crippen molar-refractivity contribution in [2.24, 2.45) is 5.92 Å². The van der Waals surface area contributed by atoms with Gasteiger partial charge in [-0.1, -0.05) is 25.8 Å². The Morgan fingerprint density at radius 1 is 1.24 bits per heavy atom. The fraction of sp³-hybridized carbons (Fsp3) is 0.722. The highest BCUT2D eigenvalue weighted by molar-refractivity contribution is 5.43. The number of nitrogens with one attached hydrogen (secondary N) is 1. The van der Waals surface area contributed by atoms with Gasteiger partial charge in [-0.3, -0.25) is 4.90 Å². The van der Waals surface area contributed by atoms with Crippen LogP contribution in [0.3, 0.4) is 0 Å². The van der Waals surface area contributed by atoms with Gasteiger partial charge in [-0.2, -0.15) is 0 Å². The van der Waals surface area contributed by atoms with Crippen LogP contribution in [0.2, 0.25) is 0 Å². The Kier molecular flexibility index (Phi) is 5.13. The molecular formula is C18H29N3. The maximum absolute atomic E-state index is 4.54. The van der Waals surface area contributed by atoms with E-state index in [-0.39, 0.29) is 0 Å². The molecule has 3 rings (SSSR count). The van der Waals surface area contributed by atoms with E-state index < -0.39 is 0 Å². The molecule has 1 saturated carbocycles. The first-order chi connectivity index (χ1) is 10.4. The van der Waals surface area contributed by atoms with E-state index in [0.29, 0.717) is 0 Å². The van der Waals surface area contributed by atoms with Crippen LogP contribution in [0.5, 0.6) is 0 Å². The third-order valence-electron chi connectivity index (χ3n) is 5.17. The molecule has 0 bridgehead atoms. The lowest BCUT2D eigenvalue weighted by atomic mass is 9.96. The van der Waals surface area contributed by atoms with Crippen LogP contribution in [0.25, 0.3) is 0 Å². The molecule has 1 saturated heterocycles. The molecule has 116 valence electrons. The summed E-state index contributed by atoms with van der Waals surface area (Å²) >= 11 is 0. The standard InChI is InChI=1S/C18H29N3/c1-2-11-19-18-16(9-5-12-20-18)14-21-13-6-10-17(21)15-7-3-4-8-15/h5,9,12,15,17H,2-4,6-8,10-11,13-14H2,1H3,(H,19,20). The van der Waals surface area contributed by atoms with Crippen LogP contribution in [0.4, 0.5) is 5.82 Å². The van der Waals surface area contributed by atoms with Gasteiger partial charge in [0, 0.05) is 30.9 Å². The van der Waals surface area contributed by atoms with Gasteiger partial charge in [-0.15, -0.1) is 0 Å². The monoisotopic (exact) mass is 287 g/mol. The van der Waals surface area contributed by atoms with Gasteiger partial charge in [0.2, 0.25) is 0 Å². The van der Waals surface area contributed by atoms with Crippen molar-refractivity contribution in [3.8, 4) is 0 Å². The van der Waals surface area contributed by atoms with E-state index in [1.807, 2.05) is 6.20 Å². The van der Waals surface area contributed by atoms with E-state index >= 15 is 0 Å². The maximum atomic E-state index is 4.54. The summed E-state index contributed by atoms with van der Waals surface area (Å²) in [6.45, 7) is 5.55. The lowest BCUT2D eigenvalue weighted by Gasteiger charge is -2.29. The molecule has 0 amide bonds. The summed E-state index contributed by atoms with van der Waals surface area (Å²) in [6.07, 6.45) is 11.6. The number of likely N-dealkylation sites (tertiary alicyclic amines) is 1. The second kappa shape index (κ2) is 7.26. The summed E-state index contributed by atoms with van der Waals surface area (Å²) < 4.78 is 0. The molecule has 1 unspecified atom stereocenters. The normalized spacial score (nSPS) is 23.8. The van der Waals surface area contributed by atoms with Crippen LogP contribution in [0.1, 0.15) is 57.4 Å². The Morgan fingerprint density at radius 2 is 2.10 bits per heavy atom. The molecule has 21 heavy (non-hydrogen) atoms. The number of pyridine rings is 1. The first kappa shape index (κ1) is 14.8. The molecule has 0 radical (unpaired) electrons. The van der Waals surface area contributed by atoms with Gasteiger partial charge < -0.3 is 5.32 Å². The zero-order chi connectivity index (χ0) is 14.5. The van der Waals surface area contributed by atoms with Crippen LogP contribution < -0.4 is 5.32 Å². The Labute approximate surface area is 129 Å². The smallest absolute Gasteiger partial charge is 0.130 e. The largest absolute Gasteiger partial charge is 0.370 e. The predicted octanol–water partition coefficient (Wildman–Crippen LogP) is 4.06. The summed E-state index contributed by atoms with van der Waals surface area (Å²) in [7, 11) is 0. The highest BCUT2D eigenvalue weighted by Gasteiger charge is 2.33. The van der Waals surface area contributed by atoms with Crippen molar-refractivity contribution in [1.29, 1.82) is 0 Å². The molecule has 0 spiro atoms. The Bertz CT molecular complexity index is 440. The first-order valence-electron chi connectivity index (χ1n) is 8.80. The number of hydrogen-bond donors (Lipinski definition) is 1. The second-order valence-electron chi connectivity index (χ2n) is 6.66. The average Bonchev–Trinajstić information content (AvgIpc) is 3.17. The van der Waals surface area contributed by atoms with Crippen LogP contribution in [-0.2, 0) is 6.54 Å². The topological polar surface area (TPSA) is 28.2 Å². The molecule has 2 fully saturated rings. The van der Waals surface area contributed by atoms with Gasteiger partial charge in [0.25, 0.3) is 0 Å². The third-order valence-corrected chi connectivity index (χ3v) is 5.17. The van der Waals surface area contributed by atoms with Crippen molar-refractivity contribution in [2.45, 2.75) is 64.5 Å². The van der Waals surface area contributed by atoms with Crippen LogP contribution in [-0.4, -0.2) is 29.0 Å². The molecule has 1 atom stereocenters. The number of aromatic nitrogens is 1. The first-order valence-corrected chi connectivity index (χ1v) is 8.80. The Balaban J connectivity index is 1.67. The molecule has 1 N–H and O–H groups in total. The second-order valence-corrected chi connectivity index (χ2v) is 6.66. The number of nitrogens with zero attached hydrogens (tertiary/aromatic N) is 2. The zero-order valence-electron chi connectivity index (χ0n) is 13.4. The maximum Gasteiger partial charge on any atom is 0.130 e. The van der Waals surface area contributed by atoms with E-state index in [9.17, 15) is 0 Å². The van der Waals surface area contributed by atoms with E-state index in [2.05, 4.69) is 34.3 Å². The summed E-state index contributed by atoms with van der Waals surface area (Å²) in [5, 5.41) is 3.48. The van der Waals surface area contributed by atoms with Crippen molar-refractivity contribution in [1.82, 2.24) is 9.88 Å². The molecule has 1 aromatic heterocycles. The molecule has 1 aromatic rings. The molecule has 0 aromatic carbocycles. The Morgan fingerprint density at radius 3 is 2.90 bits per heavy atom. The van der Waals surface area contributed by atoms with Crippen molar-refractivity contribution < 1.29 is 0 Å². The lowest BCUT2D eigenvalue weighted by molar-refractivity contribution is 0.183. The SMILES string of the molecule is CCCNc1ncccc1CN1CCCC1C1CCCC1. The summed E-state index contributed by atoms with van der Waals surface area (Å²) in [5.74, 6) is 2.05. The summed E-state index contributed by atoms with van der Waals surface area (Å²) in [6, 6.07) is 5.15. The molecule has 1 aliphatic heterocycles. The van der Waals surface area contributed by atoms with Crippen LogP contribution >= 0.6 is 0 Å². The van der Waals surface area contributed by atoms with Crippen LogP contribution in [0.15, 0.2) is 18.3 Å². The van der Waals surface area contributed by atoms with Gasteiger partial charge in [0.1, 0.15) is 5.82 Å². The number of hydrogen-bond acceptors (Lipinski definition) is 3.